The Hall–Kier alpha value is -1.29. The highest BCUT2D eigenvalue weighted by atomic mass is 16.3. The minimum atomic E-state index is -0.265. The molecular weight excluding hydrogens is 168 g/mol. The Morgan fingerprint density at radius 2 is 2.46 bits per heavy atom. The molecule has 0 unspecified atom stereocenters. The maximum atomic E-state index is 11.4. The lowest BCUT2D eigenvalue weighted by Crippen LogP contribution is -2.37. The molecule has 0 radical (unpaired) electrons. The van der Waals surface area contributed by atoms with Crippen LogP contribution in [0.3, 0.4) is 0 Å². The Bertz CT molecular complexity index is 257. The number of carbonyl (C=O) groups is 1. The first-order valence-electron chi connectivity index (χ1n) is 4.35. The van der Waals surface area contributed by atoms with Gasteiger partial charge >= 0.3 is 5.91 Å². The number of rotatable bonds is 4. The highest BCUT2D eigenvalue weighted by Crippen LogP contribution is 2.03. The summed E-state index contributed by atoms with van der Waals surface area (Å²) in [5.41, 5.74) is 0. The third-order valence-electron chi connectivity index (χ3n) is 1.75. The Morgan fingerprint density at radius 1 is 1.69 bits per heavy atom. The fourth-order valence-corrected chi connectivity index (χ4v) is 0.972. The fraction of sp³-hybridized carbons (Fsp3) is 0.444. The van der Waals surface area contributed by atoms with Crippen LogP contribution in [0.2, 0.25) is 0 Å². The average molecular weight is 182 g/mol. The first-order chi connectivity index (χ1) is 6.25. The zero-order valence-corrected chi connectivity index (χ0v) is 7.69. The quantitative estimate of drug-likeness (QED) is 0.435. The summed E-state index contributed by atoms with van der Waals surface area (Å²) < 4.78 is 4.93. The third-order valence-corrected chi connectivity index (χ3v) is 1.75. The molecule has 0 aromatic carbocycles. The lowest BCUT2D eigenvalue weighted by atomic mass is 10.3. The van der Waals surface area contributed by atoms with E-state index in [0.717, 1.165) is 12.8 Å². The number of furan rings is 1. The molecule has 1 aromatic heterocycles. The van der Waals surface area contributed by atoms with Crippen LogP contribution in [0, 0.1) is 0 Å². The van der Waals surface area contributed by atoms with Gasteiger partial charge in [0.25, 0.3) is 0 Å². The van der Waals surface area contributed by atoms with Gasteiger partial charge in [-0.1, -0.05) is 13.3 Å². The smallest absolute Gasteiger partial charge is 0.303 e. The molecule has 1 amide bonds. The molecule has 1 rings (SSSR count). The minimum Gasteiger partial charge on any atom is -0.459 e. The molecule has 0 spiro atoms. The van der Waals surface area contributed by atoms with Gasteiger partial charge in [-0.05, 0) is 18.6 Å². The molecule has 1 aromatic rings. The molecule has 4 heteroatoms. The van der Waals surface area contributed by atoms with Crippen LogP contribution >= 0.6 is 0 Å². The number of hydrogen-bond donors (Lipinski definition) is 1. The number of hydrazine groups is 1. The zero-order chi connectivity index (χ0) is 9.68. The van der Waals surface area contributed by atoms with Crippen LogP contribution in [0.1, 0.15) is 30.3 Å². The summed E-state index contributed by atoms with van der Waals surface area (Å²) in [6.45, 7) is 2.61. The summed E-state index contributed by atoms with van der Waals surface area (Å²) >= 11 is 0. The second-order valence-corrected chi connectivity index (χ2v) is 2.83. The van der Waals surface area contributed by atoms with Gasteiger partial charge in [0.15, 0.2) is 5.76 Å². The van der Waals surface area contributed by atoms with E-state index in [2.05, 4.69) is 0 Å². The molecule has 4 nitrogen and oxygen atoms in total. The van der Waals surface area contributed by atoms with E-state index in [-0.39, 0.29) is 5.91 Å². The second-order valence-electron chi connectivity index (χ2n) is 2.83. The summed E-state index contributed by atoms with van der Waals surface area (Å²) in [4.78, 5) is 11.4. The highest BCUT2D eigenvalue weighted by molar-refractivity contribution is 5.90. The van der Waals surface area contributed by atoms with Gasteiger partial charge < -0.3 is 4.42 Å². The van der Waals surface area contributed by atoms with Gasteiger partial charge in [0, 0.05) is 6.54 Å². The van der Waals surface area contributed by atoms with Crippen molar-refractivity contribution in [2.75, 3.05) is 6.54 Å². The van der Waals surface area contributed by atoms with Gasteiger partial charge in [-0.3, -0.25) is 9.80 Å². The van der Waals surface area contributed by atoms with E-state index in [0.29, 0.717) is 12.3 Å². The predicted octanol–water partition coefficient (Wildman–Crippen LogP) is 1.40. The van der Waals surface area contributed by atoms with E-state index in [1.807, 2.05) is 6.92 Å². The fourth-order valence-electron chi connectivity index (χ4n) is 0.972. The molecule has 72 valence electrons. The Kier molecular flexibility index (Phi) is 3.52. The van der Waals surface area contributed by atoms with Crippen molar-refractivity contribution in [2.45, 2.75) is 19.8 Å². The van der Waals surface area contributed by atoms with Gasteiger partial charge in [-0.15, -0.1) is 0 Å². The zero-order valence-electron chi connectivity index (χ0n) is 7.69. The van der Waals surface area contributed by atoms with E-state index in [1.165, 1.54) is 11.3 Å². The van der Waals surface area contributed by atoms with Crippen LogP contribution in [0.4, 0.5) is 0 Å². The molecule has 0 aliphatic carbocycles. The SMILES string of the molecule is CCCCN(N)C(=O)c1ccco1. The number of amides is 1. The van der Waals surface area contributed by atoms with Crippen molar-refractivity contribution in [3.63, 3.8) is 0 Å². The van der Waals surface area contributed by atoms with E-state index >= 15 is 0 Å². The van der Waals surface area contributed by atoms with Gasteiger partial charge in [0.1, 0.15) is 0 Å². The normalized spacial score (nSPS) is 10.0. The molecule has 2 N–H and O–H groups in total. The van der Waals surface area contributed by atoms with Crippen LogP contribution in [0.15, 0.2) is 22.8 Å². The van der Waals surface area contributed by atoms with Crippen molar-refractivity contribution in [3.8, 4) is 0 Å². The van der Waals surface area contributed by atoms with Crippen LogP contribution in [-0.4, -0.2) is 17.5 Å². The number of unbranched alkanes of at least 4 members (excludes halogenated alkanes) is 1. The van der Waals surface area contributed by atoms with Gasteiger partial charge in [0.05, 0.1) is 6.26 Å². The minimum absolute atomic E-state index is 0.265. The summed E-state index contributed by atoms with van der Waals surface area (Å²) in [6, 6.07) is 3.27. The number of nitrogens with zero attached hydrogens (tertiary/aromatic N) is 1. The Labute approximate surface area is 77.3 Å². The van der Waals surface area contributed by atoms with Crippen molar-refractivity contribution in [1.82, 2.24) is 5.01 Å². The van der Waals surface area contributed by atoms with Crippen molar-refractivity contribution in [1.29, 1.82) is 0 Å². The van der Waals surface area contributed by atoms with Crippen molar-refractivity contribution in [2.24, 2.45) is 5.84 Å². The van der Waals surface area contributed by atoms with Crippen molar-refractivity contribution < 1.29 is 9.21 Å². The van der Waals surface area contributed by atoms with Gasteiger partial charge in [-0.2, -0.15) is 0 Å². The van der Waals surface area contributed by atoms with E-state index in [4.69, 9.17) is 10.3 Å². The molecule has 0 fully saturated rings. The Morgan fingerprint density at radius 3 is 3.00 bits per heavy atom. The van der Waals surface area contributed by atoms with Crippen LogP contribution in [0.25, 0.3) is 0 Å². The molecular formula is C9H14N2O2. The molecule has 1 heterocycles. The first kappa shape index (κ1) is 9.80. The van der Waals surface area contributed by atoms with Crippen LogP contribution < -0.4 is 5.84 Å². The van der Waals surface area contributed by atoms with Crippen LogP contribution in [0.5, 0.6) is 0 Å². The number of hydrogen-bond acceptors (Lipinski definition) is 3. The monoisotopic (exact) mass is 182 g/mol. The largest absolute Gasteiger partial charge is 0.459 e. The van der Waals surface area contributed by atoms with Crippen LogP contribution in [-0.2, 0) is 0 Å². The van der Waals surface area contributed by atoms with Crippen molar-refractivity contribution >= 4 is 5.91 Å². The molecule has 0 bridgehead atoms. The van der Waals surface area contributed by atoms with Crippen molar-refractivity contribution in [3.05, 3.63) is 24.2 Å². The number of carbonyl (C=O) groups excluding carboxylic acids is 1. The maximum Gasteiger partial charge on any atom is 0.303 e. The molecule has 0 aliphatic rings. The molecule has 0 atom stereocenters. The summed E-state index contributed by atoms with van der Waals surface area (Å²) in [7, 11) is 0. The van der Waals surface area contributed by atoms with E-state index in [9.17, 15) is 4.79 Å². The molecule has 0 saturated heterocycles. The van der Waals surface area contributed by atoms with E-state index in [1.54, 1.807) is 12.1 Å². The summed E-state index contributed by atoms with van der Waals surface area (Å²) in [6.07, 6.45) is 3.38. The first-order valence-corrected chi connectivity index (χ1v) is 4.35. The summed E-state index contributed by atoms with van der Waals surface area (Å²) in [5.74, 6) is 5.54. The molecule has 13 heavy (non-hydrogen) atoms. The Balaban J connectivity index is 2.48. The predicted molar refractivity (Wildman–Crippen MR) is 48.8 cm³/mol. The maximum absolute atomic E-state index is 11.4. The third kappa shape index (κ3) is 2.59. The highest BCUT2D eigenvalue weighted by Gasteiger charge is 2.13. The summed E-state index contributed by atoms with van der Waals surface area (Å²) in [5, 5.41) is 1.18. The topological polar surface area (TPSA) is 59.5 Å². The standard InChI is InChI=1S/C9H14N2O2/c1-2-3-6-11(10)9(12)8-5-4-7-13-8/h4-5,7H,2-3,6,10H2,1H3. The molecule has 0 saturated carbocycles. The second kappa shape index (κ2) is 4.67. The molecule has 0 aliphatic heterocycles. The number of nitrogens with two attached hydrogens (primary N) is 1. The van der Waals surface area contributed by atoms with E-state index < -0.39 is 0 Å². The lowest BCUT2D eigenvalue weighted by molar-refractivity contribution is 0.0721. The van der Waals surface area contributed by atoms with Gasteiger partial charge in [-0.25, -0.2) is 5.84 Å². The van der Waals surface area contributed by atoms with Gasteiger partial charge in [0.2, 0.25) is 0 Å². The lowest BCUT2D eigenvalue weighted by Gasteiger charge is -2.13. The average Bonchev–Trinajstić information content (AvgIpc) is 2.65.